The van der Waals surface area contributed by atoms with Crippen molar-refractivity contribution in [3.05, 3.63) is 95.1 Å². The molecule has 0 spiro atoms. The molecule has 0 saturated heterocycles. The molecule has 0 aliphatic rings. The highest BCUT2D eigenvalue weighted by molar-refractivity contribution is 6.31. The minimum Gasteiger partial charge on any atom is -0.485 e. The van der Waals surface area contributed by atoms with Crippen LogP contribution in [0.2, 0.25) is 5.02 Å². The van der Waals surface area contributed by atoms with Crippen molar-refractivity contribution >= 4 is 39.9 Å². The van der Waals surface area contributed by atoms with Crippen LogP contribution in [0, 0.1) is 6.92 Å². The third-order valence-electron chi connectivity index (χ3n) is 5.06. The summed E-state index contributed by atoms with van der Waals surface area (Å²) in [5, 5.41) is 4.28. The van der Waals surface area contributed by atoms with E-state index in [1.54, 1.807) is 35.0 Å². The molecule has 0 atom stereocenters. The second-order valence-corrected chi connectivity index (χ2v) is 7.58. The number of carbonyl (C=O) groups excluding carboxylic acids is 2. The van der Waals surface area contributed by atoms with Crippen LogP contribution in [0.25, 0.3) is 10.9 Å². The molecule has 4 aromatic rings. The molecule has 0 radical (unpaired) electrons. The van der Waals surface area contributed by atoms with E-state index in [4.69, 9.17) is 16.3 Å². The molecule has 3 aromatic carbocycles. The first-order valence-corrected chi connectivity index (χ1v) is 10.2. The van der Waals surface area contributed by atoms with Crippen LogP contribution in [0.4, 0.5) is 5.69 Å². The molecular formula is C25H21ClN2O3. The van der Waals surface area contributed by atoms with Gasteiger partial charge in [0, 0.05) is 33.4 Å². The highest BCUT2D eigenvalue weighted by Gasteiger charge is 2.17. The van der Waals surface area contributed by atoms with Gasteiger partial charge in [0.05, 0.1) is 0 Å². The number of para-hydroxylation sites is 2. The lowest BCUT2D eigenvalue weighted by atomic mass is 10.1. The average Bonchev–Trinajstić information content (AvgIpc) is 3.14. The number of fused-ring (bicyclic) bond motifs is 1. The molecule has 1 aromatic heterocycles. The van der Waals surface area contributed by atoms with E-state index in [1.165, 1.54) is 0 Å². The van der Waals surface area contributed by atoms with Crippen LogP contribution in [0.1, 0.15) is 15.9 Å². The molecule has 0 aliphatic heterocycles. The molecule has 1 heterocycles. The van der Waals surface area contributed by atoms with E-state index < -0.39 is 0 Å². The van der Waals surface area contributed by atoms with Gasteiger partial charge in [-0.05, 0) is 42.8 Å². The van der Waals surface area contributed by atoms with E-state index in [-0.39, 0.29) is 24.8 Å². The Morgan fingerprint density at radius 1 is 0.968 bits per heavy atom. The molecule has 0 aliphatic carbocycles. The van der Waals surface area contributed by atoms with Crippen molar-refractivity contribution in [2.24, 2.45) is 0 Å². The normalized spacial score (nSPS) is 10.8. The summed E-state index contributed by atoms with van der Waals surface area (Å²) in [6, 6.07) is 22.1. The number of ether oxygens (including phenoxy) is 1. The molecule has 5 nitrogen and oxygen atoms in total. The van der Waals surface area contributed by atoms with Crippen molar-refractivity contribution in [3.63, 3.8) is 0 Å². The van der Waals surface area contributed by atoms with Gasteiger partial charge in [0.25, 0.3) is 0 Å². The molecule has 0 fully saturated rings. The zero-order valence-electron chi connectivity index (χ0n) is 17.0. The maximum Gasteiger partial charge on any atom is 0.244 e. The quantitative estimate of drug-likeness (QED) is 0.392. The Hall–Kier alpha value is -3.57. The van der Waals surface area contributed by atoms with Crippen LogP contribution in [-0.4, -0.2) is 22.9 Å². The number of rotatable bonds is 7. The first kappa shape index (κ1) is 20.7. The topological polar surface area (TPSA) is 60.3 Å². The summed E-state index contributed by atoms with van der Waals surface area (Å²) >= 11 is 6.14. The Balaban J connectivity index is 1.54. The fraction of sp³-hybridized carbons (Fsp3) is 0.120. The summed E-state index contributed by atoms with van der Waals surface area (Å²) < 4.78 is 7.39. The SMILES string of the molecule is Cc1c(Cl)cccc1NC(=O)Cn1cc(C(=O)COc2ccccc2)c2ccccc21. The van der Waals surface area contributed by atoms with Crippen molar-refractivity contribution in [1.29, 1.82) is 0 Å². The van der Waals surface area contributed by atoms with E-state index in [1.807, 2.05) is 55.5 Å². The van der Waals surface area contributed by atoms with Crippen molar-refractivity contribution < 1.29 is 14.3 Å². The van der Waals surface area contributed by atoms with Crippen LogP contribution in [0.15, 0.2) is 79.0 Å². The van der Waals surface area contributed by atoms with Gasteiger partial charge in [-0.3, -0.25) is 9.59 Å². The van der Waals surface area contributed by atoms with Gasteiger partial charge < -0.3 is 14.6 Å². The number of hydrogen-bond donors (Lipinski definition) is 1. The zero-order valence-corrected chi connectivity index (χ0v) is 17.7. The number of anilines is 1. The first-order valence-electron chi connectivity index (χ1n) is 9.87. The zero-order chi connectivity index (χ0) is 21.8. The Morgan fingerprint density at radius 3 is 2.52 bits per heavy atom. The Morgan fingerprint density at radius 2 is 1.71 bits per heavy atom. The van der Waals surface area contributed by atoms with Gasteiger partial charge in [-0.2, -0.15) is 0 Å². The van der Waals surface area contributed by atoms with Crippen molar-refractivity contribution in [3.8, 4) is 5.75 Å². The van der Waals surface area contributed by atoms with Crippen LogP contribution >= 0.6 is 11.6 Å². The number of halogens is 1. The second-order valence-electron chi connectivity index (χ2n) is 7.17. The number of Topliss-reactive ketones (excluding diaryl/α,β-unsaturated/α-hetero) is 1. The molecule has 0 saturated carbocycles. The number of nitrogens with one attached hydrogen (secondary N) is 1. The molecule has 156 valence electrons. The van der Waals surface area contributed by atoms with E-state index in [0.717, 1.165) is 16.5 Å². The lowest BCUT2D eigenvalue weighted by molar-refractivity contribution is -0.116. The average molecular weight is 433 g/mol. The highest BCUT2D eigenvalue weighted by atomic mass is 35.5. The van der Waals surface area contributed by atoms with Gasteiger partial charge in [0.1, 0.15) is 12.3 Å². The van der Waals surface area contributed by atoms with Crippen LogP contribution < -0.4 is 10.1 Å². The Labute approximate surface area is 185 Å². The smallest absolute Gasteiger partial charge is 0.244 e. The summed E-state index contributed by atoms with van der Waals surface area (Å²) in [6.45, 7) is 1.84. The second kappa shape index (κ2) is 9.06. The van der Waals surface area contributed by atoms with Gasteiger partial charge in [-0.15, -0.1) is 0 Å². The maximum absolute atomic E-state index is 12.9. The Bertz CT molecular complexity index is 1250. The molecular weight excluding hydrogens is 412 g/mol. The number of benzene rings is 3. The number of ketones is 1. The lowest BCUT2D eigenvalue weighted by Gasteiger charge is -2.10. The van der Waals surface area contributed by atoms with E-state index in [2.05, 4.69) is 5.32 Å². The highest BCUT2D eigenvalue weighted by Crippen LogP contribution is 2.25. The molecule has 1 amide bonds. The number of carbonyl (C=O) groups is 2. The van der Waals surface area contributed by atoms with Gasteiger partial charge in [0.15, 0.2) is 6.61 Å². The number of aromatic nitrogens is 1. The van der Waals surface area contributed by atoms with Gasteiger partial charge in [0.2, 0.25) is 11.7 Å². The monoisotopic (exact) mass is 432 g/mol. The largest absolute Gasteiger partial charge is 0.485 e. The third kappa shape index (κ3) is 4.62. The maximum atomic E-state index is 12.9. The molecule has 0 bridgehead atoms. The minimum absolute atomic E-state index is 0.0687. The van der Waals surface area contributed by atoms with Crippen LogP contribution in [-0.2, 0) is 11.3 Å². The Kier molecular flexibility index (Phi) is 6.05. The third-order valence-corrected chi connectivity index (χ3v) is 5.47. The van der Waals surface area contributed by atoms with Gasteiger partial charge >= 0.3 is 0 Å². The van der Waals surface area contributed by atoms with Gasteiger partial charge in [-0.25, -0.2) is 0 Å². The van der Waals surface area contributed by atoms with Crippen LogP contribution in [0.5, 0.6) is 5.75 Å². The van der Waals surface area contributed by atoms with E-state index in [0.29, 0.717) is 22.0 Å². The van der Waals surface area contributed by atoms with E-state index in [9.17, 15) is 9.59 Å². The molecule has 4 rings (SSSR count). The predicted molar refractivity (Wildman–Crippen MR) is 123 cm³/mol. The lowest BCUT2D eigenvalue weighted by Crippen LogP contribution is -2.19. The summed E-state index contributed by atoms with van der Waals surface area (Å²) in [5.74, 6) is 0.284. The van der Waals surface area contributed by atoms with Crippen molar-refractivity contribution in [2.75, 3.05) is 11.9 Å². The summed E-state index contributed by atoms with van der Waals surface area (Å²) in [7, 11) is 0. The minimum atomic E-state index is -0.203. The molecule has 6 heteroatoms. The van der Waals surface area contributed by atoms with Gasteiger partial charge in [-0.1, -0.05) is 54.1 Å². The number of nitrogens with zero attached hydrogens (tertiary/aromatic N) is 1. The molecule has 31 heavy (non-hydrogen) atoms. The van der Waals surface area contributed by atoms with Crippen molar-refractivity contribution in [1.82, 2.24) is 4.57 Å². The van der Waals surface area contributed by atoms with Crippen LogP contribution in [0.3, 0.4) is 0 Å². The summed E-state index contributed by atoms with van der Waals surface area (Å²) in [5.41, 5.74) is 2.81. The molecule has 1 N–H and O–H groups in total. The first-order chi connectivity index (χ1) is 15.0. The van der Waals surface area contributed by atoms with E-state index >= 15 is 0 Å². The fourth-order valence-electron chi connectivity index (χ4n) is 3.43. The summed E-state index contributed by atoms with van der Waals surface area (Å²) in [6.07, 6.45) is 1.71. The predicted octanol–water partition coefficient (Wildman–Crippen LogP) is 5.50. The number of hydrogen-bond acceptors (Lipinski definition) is 3. The fourth-order valence-corrected chi connectivity index (χ4v) is 3.61. The van der Waals surface area contributed by atoms with Crippen molar-refractivity contribution in [2.45, 2.75) is 13.5 Å². The standard InChI is InChI=1S/C25H21ClN2O3/c1-17-21(26)11-7-12-22(17)27-25(30)15-28-14-20(19-10-5-6-13-23(19)28)24(29)16-31-18-8-3-2-4-9-18/h2-14H,15-16H2,1H3,(H,27,30). The number of amides is 1. The molecule has 0 unspecified atom stereocenters. The summed E-state index contributed by atoms with van der Waals surface area (Å²) in [4.78, 5) is 25.5.